The number of carbonyl (C=O) groups is 2. The number of thiophene rings is 1. The van der Waals surface area contributed by atoms with Crippen molar-refractivity contribution in [3.8, 4) is 0 Å². The molecule has 1 heterocycles. The van der Waals surface area contributed by atoms with Crippen LogP contribution in [0.3, 0.4) is 0 Å². The van der Waals surface area contributed by atoms with E-state index in [0.29, 0.717) is 26.1 Å². The molecular formula is C13H20N2O3S. The van der Waals surface area contributed by atoms with Crippen LogP contribution in [0.25, 0.3) is 0 Å². The van der Waals surface area contributed by atoms with Crippen molar-refractivity contribution < 1.29 is 14.3 Å². The lowest BCUT2D eigenvalue weighted by atomic mass is 10.3. The van der Waals surface area contributed by atoms with E-state index in [2.05, 4.69) is 4.74 Å². The summed E-state index contributed by atoms with van der Waals surface area (Å²) in [5, 5.41) is 2.00. The summed E-state index contributed by atoms with van der Waals surface area (Å²) < 4.78 is 4.56. The Kier molecular flexibility index (Phi) is 6.52. The number of nitrogens with zero attached hydrogens (tertiary/aromatic N) is 2. The number of rotatable bonds is 7. The number of ether oxygens (including phenoxy) is 1. The van der Waals surface area contributed by atoms with Crippen LogP contribution in [-0.2, 0) is 20.9 Å². The summed E-state index contributed by atoms with van der Waals surface area (Å²) in [6, 6.07) is 3.98. The van der Waals surface area contributed by atoms with E-state index < -0.39 is 0 Å². The number of amides is 1. The van der Waals surface area contributed by atoms with Crippen LogP contribution in [0.15, 0.2) is 17.5 Å². The predicted molar refractivity (Wildman–Crippen MR) is 74.9 cm³/mol. The van der Waals surface area contributed by atoms with Crippen molar-refractivity contribution >= 4 is 23.2 Å². The van der Waals surface area contributed by atoms with Crippen molar-refractivity contribution in [2.45, 2.75) is 13.0 Å². The number of carbonyl (C=O) groups excluding carboxylic acids is 2. The zero-order valence-corrected chi connectivity index (χ0v) is 12.4. The van der Waals surface area contributed by atoms with Gasteiger partial charge < -0.3 is 9.64 Å². The summed E-state index contributed by atoms with van der Waals surface area (Å²) in [7, 11) is 4.97. The molecule has 0 saturated carbocycles. The monoisotopic (exact) mass is 284 g/mol. The molecule has 1 aromatic heterocycles. The topological polar surface area (TPSA) is 49.9 Å². The third-order valence-electron chi connectivity index (χ3n) is 2.73. The van der Waals surface area contributed by atoms with E-state index in [4.69, 9.17) is 0 Å². The summed E-state index contributed by atoms with van der Waals surface area (Å²) in [5.74, 6) is -0.216. The lowest BCUT2D eigenvalue weighted by molar-refractivity contribution is -0.141. The molecule has 0 radical (unpaired) electrons. The molecule has 1 rings (SSSR count). The zero-order valence-electron chi connectivity index (χ0n) is 11.6. The van der Waals surface area contributed by atoms with Gasteiger partial charge in [0, 0.05) is 18.5 Å². The average Bonchev–Trinajstić information content (AvgIpc) is 2.88. The molecule has 0 spiro atoms. The molecular weight excluding hydrogens is 264 g/mol. The van der Waals surface area contributed by atoms with Gasteiger partial charge in [-0.2, -0.15) is 0 Å². The minimum atomic E-state index is -0.258. The Labute approximate surface area is 117 Å². The average molecular weight is 284 g/mol. The van der Waals surface area contributed by atoms with Gasteiger partial charge in [-0.1, -0.05) is 6.07 Å². The van der Waals surface area contributed by atoms with E-state index >= 15 is 0 Å². The van der Waals surface area contributed by atoms with E-state index in [-0.39, 0.29) is 11.9 Å². The highest BCUT2D eigenvalue weighted by Crippen LogP contribution is 2.10. The molecule has 1 aromatic rings. The third-order valence-corrected chi connectivity index (χ3v) is 3.59. The quantitative estimate of drug-likeness (QED) is 0.706. The van der Waals surface area contributed by atoms with Gasteiger partial charge in [-0.25, -0.2) is 0 Å². The minimum Gasteiger partial charge on any atom is -0.469 e. The van der Waals surface area contributed by atoms with Gasteiger partial charge >= 0.3 is 5.97 Å². The Hall–Kier alpha value is -1.40. The summed E-state index contributed by atoms with van der Waals surface area (Å²) in [6.45, 7) is 1.45. The number of likely N-dealkylation sites (N-methyl/N-ethyl adjacent to an activating group) is 2. The van der Waals surface area contributed by atoms with Gasteiger partial charge in [0.2, 0.25) is 5.91 Å². The van der Waals surface area contributed by atoms with Gasteiger partial charge in [0.05, 0.1) is 26.6 Å². The smallest absolute Gasteiger partial charge is 0.306 e. The van der Waals surface area contributed by atoms with Gasteiger partial charge in [-0.15, -0.1) is 11.3 Å². The Morgan fingerprint density at radius 3 is 2.68 bits per heavy atom. The molecule has 6 heteroatoms. The standard InChI is InChI=1S/C13H20N2O3S/c1-14(7-6-13(17)18-3)10-12(16)15(2)9-11-5-4-8-19-11/h4-5,8H,6-7,9-10H2,1-3H3. The molecule has 0 N–H and O–H groups in total. The maximum Gasteiger partial charge on any atom is 0.306 e. The lowest BCUT2D eigenvalue weighted by Crippen LogP contribution is -2.37. The summed E-state index contributed by atoms with van der Waals surface area (Å²) in [5.41, 5.74) is 0. The van der Waals surface area contributed by atoms with Crippen LogP contribution in [0.5, 0.6) is 0 Å². The number of esters is 1. The van der Waals surface area contributed by atoms with Crippen molar-refractivity contribution in [3.05, 3.63) is 22.4 Å². The third kappa shape index (κ3) is 5.85. The SMILES string of the molecule is COC(=O)CCN(C)CC(=O)N(C)Cc1cccs1. The molecule has 0 aliphatic rings. The minimum absolute atomic E-state index is 0.0424. The number of methoxy groups -OCH3 is 1. The van der Waals surface area contributed by atoms with Gasteiger partial charge in [0.25, 0.3) is 0 Å². The first-order valence-corrected chi connectivity index (χ1v) is 6.92. The highest BCUT2D eigenvalue weighted by molar-refractivity contribution is 7.09. The van der Waals surface area contributed by atoms with Crippen LogP contribution in [0.2, 0.25) is 0 Å². The highest BCUT2D eigenvalue weighted by atomic mass is 32.1. The molecule has 0 fully saturated rings. The van der Waals surface area contributed by atoms with Crippen LogP contribution < -0.4 is 0 Å². The largest absolute Gasteiger partial charge is 0.469 e. The van der Waals surface area contributed by atoms with Gasteiger partial charge in [-0.05, 0) is 18.5 Å². The summed E-state index contributed by atoms with van der Waals surface area (Å²) >= 11 is 1.64. The second-order valence-corrected chi connectivity index (χ2v) is 5.43. The molecule has 0 bridgehead atoms. The predicted octanol–water partition coefficient (Wildman–Crippen LogP) is 1.20. The molecule has 19 heavy (non-hydrogen) atoms. The van der Waals surface area contributed by atoms with Crippen molar-refractivity contribution in [1.29, 1.82) is 0 Å². The first-order valence-electron chi connectivity index (χ1n) is 6.04. The zero-order chi connectivity index (χ0) is 14.3. The van der Waals surface area contributed by atoms with Crippen molar-refractivity contribution in [2.75, 3.05) is 34.3 Å². The Morgan fingerprint density at radius 2 is 2.11 bits per heavy atom. The molecule has 5 nitrogen and oxygen atoms in total. The molecule has 1 amide bonds. The fraction of sp³-hybridized carbons (Fsp3) is 0.538. The van der Waals surface area contributed by atoms with Crippen molar-refractivity contribution in [2.24, 2.45) is 0 Å². The molecule has 0 atom stereocenters. The second-order valence-electron chi connectivity index (χ2n) is 4.39. The molecule has 106 valence electrons. The Bertz CT molecular complexity index is 406. The first-order chi connectivity index (χ1) is 9.02. The van der Waals surface area contributed by atoms with Gasteiger partial charge in [0.1, 0.15) is 0 Å². The summed E-state index contributed by atoms with van der Waals surface area (Å²) in [4.78, 5) is 27.7. The van der Waals surface area contributed by atoms with E-state index in [1.54, 1.807) is 23.3 Å². The summed E-state index contributed by atoms with van der Waals surface area (Å²) in [6.07, 6.45) is 0.301. The van der Waals surface area contributed by atoms with Crippen LogP contribution in [0.4, 0.5) is 0 Å². The number of hydrogen-bond donors (Lipinski definition) is 0. The second kappa shape index (κ2) is 7.91. The molecule has 0 saturated heterocycles. The van der Waals surface area contributed by atoms with Crippen molar-refractivity contribution in [1.82, 2.24) is 9.80 Å². The maximum atomic E-state index is 12.0. The van der Waals surface area contributed by atoms with E-state index in [1.165, 1.54) is 7.11 Å². The number of hydrogen-bond acceptors (Lipinski definition) is 5. The molecule has 0 aliphatic heterocycles. The first kappa shape index (κ1) is 15.7. The lowest BCUT2D eigenvalue weighted by Gasteiger charge is -2.21. The van der Waals surface area contributed by atoms with E-state index in [1.807, 2.05) is 29.5 Å². The van der Waals surface area contributed by atoms with Crippen LogP contribution in [0.1, 0.15) is 11.3 Å². The molecule has 0 unspecified atom stereocenters. The fourth-order valence-corrected chi connectivity index (χ4v) is 2.30. The molecule has 0 aromatic carbocycles. The highest BCUT2D eigenvalue weighted by Gasteiger charge is 2.13. The molecule has 0 aliphatic carbocycles. The van der Waals surface area contributed by atoms with Crippen molar-refractivity contribution in [3.63, 3.8) is 0 Å². The van der Waals surface area contributed by atoms with Crippen LogP contribution >= 0.6 is 11.3 Å². The Balaban J connectivity index is 2.30. The van der Waals surface area contributed by atoms with E-state index in [0.717, 1.165) is 4.88 Å². The maximum absolute atomic E-state index is 12.0. The van der Waals surface area contributed by atoms with Crippen LogP contribution in [0, 0.1) is 0 Å². The van der Waals surface area contributed by atoms with Crippen LogP contribution in [-0.4, -0.2) is 56.0 Å². The van der Waals surface area contributed by atoms with Gasteiger partial charge in [0.15, 0.2) is 0 Å². The van der Waals surface area contributed by atoms with E-state index in [9.17, 15) is 9.59 Å². The van der Waals surface area contributed by atoms with Gasteiger partial charge in [-0.3, -0.25) is 14.5 Å². The Morgan fingerprint density at radius 1 is 1.37 bits per heavy atom. The normalized spacial score (nSPS) is 10.5. The fourth-order valence-electron chi connectivity index (χ4n) is 1.54.